The number of carbonyl (C=O) groups is 2. The number of hydrogen-bond acceptors (Lipinski definition) is 5. The van der Waals surface area contributed by atoms with Crippen molar-refractivity contribution in [2.45, 2.75) is 77.9 Å². The number of benzene rings is 3. The third-order valence-corrected chi connectivity index (χ3v) is 8.66. The summed E-state index contributed by atoms with van der Waals surface area (Å²) in [5.74, 6) is 0.760. The zero-order valence-corrected chi connectivity index (χ0v) is 26.8. The third-order valence-electron chi connectivity index (χ3n) is 8.09. The second kappa shape index (κ2) is 16.8. The number of carbonyl (C=O) groups excluding carboxylic acids is 2. The van der Waals surface area contributed by atoms with Crippen LogP contribution in [-0.2, 0) is 16.1 Å². The molecule has 0 N–H and O–H groups in total. The van der Waals surface area contributed by atoms with Gasteiger partial charge in [-0.1, -0.05) is 80.1 Å². The van der Waals surface area contributed by atoms with Crippen LogP contribution in [0.4, 0.5) is 0 Å². The number of unbranched alkanes of at least 4 members (excludes halogenated alkanes) is 4. The van der Waals surface area contributed by atoms with Crippen molar-refractivity contribution in [1.82, 2.24) is 4.90 Å². The van der Waals surface area contributed by atoms with Gasteiger partial charge in [0.25, 0.3) is 0 Å². The smallest absolute Gasteiger partial charge is 0.303 e. The van der Waals surface area contributed by atoms with Gasteiger partial charge < -0.3 is 9.47 Å². The lowest BCUT2D eigenvalue weighted by Gasteiger charge is -2.32. The van der Waals surface area contributed by atoms with Crippen LogP contribution in [0.5, 0.6) is 5.75 Å². The number of esters is 1. The van der Waals surface area contributed by atoms with E-state index in [1.165, 1.54) is 38.2 Å². The summed E-state index contributed by atoms with van der Waals surface area (Å²) in [6.07, 6.45) is 8.73. The molecule has 1 fully saturated rings. The van der Waals surface area contributed by atoms with Crippen molar-refractivity contribution < 1.29 is 19.1 Å². The first-order chi connectivity index (χ1) is 20.8. The predicted octanol–water partition coefficient (Wildman–Crippen LogP) is 9.48. The van der Waals surface area contributed by atoms with Crippen LogP contribution in [0.3, 0.4) is 0 Å². The van der Waals surface area contributed by atoms with E-state index in [0.29, 0.717) is 39.4 Å². The molecule has 4 rings (SSSR count). The molecule has 43 heavy (non-hydrogen) atoms. The second-order valence-electron chi connectivity index (χ2n) is 11.6. The molecule has 3 aromatic carbocycles. The summed E-state index contributed by atoms with van der Waals surface area (Å²) in [4.78, 5) is 27.1. The first kappa shape index (κ1) is 33.0. The molecule has 0 spiro atoms. The minimum absolute atomic E-state index is 0.143. The van der Waals surface area contributed by atoms with Gasteiger partial charge in [0.05, 0.1) is 11.6 Å². The summed E-state index contributed by atoms with van der Waals surface area (Å²) in [5, 5.41) is 0.960. The summed E-state index contributed by atoms with van der Waals surface area (Å²) in [6.45, 7) is 7.21. The highest BCUT2D eigenvalue weighted by atomic mass is 35.5. The number of halogens is 2. The van der Waals surface area contributed by atoms with E-state index in [0.717, 1.165) is 50.9 Å². The van der Waals surface area contributed by atoms with E-state index in [-0.39, 0.29) is 17.9 Å². The molecule has 5 nitrogen and oxygen atoms in total. The lowest BCUT2D eigenvalue weighted by atomic mass is 9.96. The molecular weight excluding hydrogens is 581 g/mol. The van der Waals surface area contributed by atoms with E-state index in [1.54, 1.807) is 36.4 Å². The molecule has 0 aliphatic carbocycles. The molecule has 0 unspecified atom stereocenters. The molecule has 1 atom stereocenters. The summed E-state index contributed by atoms with van der Waals surface area (Å²) < 4.78 is 11.8. The molecule has 1 aliphatic heterocycles. The van der Waals surface area contributed by atoms with Gasteiger partial charge >= 0.3 is 5.97 Å². The minimum atomic E-state index is -0.224. The fourth-order valence-corrected chi connectivity index (χ4v) is 6.01. The van der Waals surface area contributed by atoms with Crippen LogP contribution in [0, 0.1) is 5.92 Å². The van der Waals surface area contributed by atoms with E-state index >= 15 is 0 Å². The lowest BCUT2D eigenvalue weighted by Crippen LogP contribution is -2.35. The van der Waals surface area contributed by atoms with Crippen molar-refractivity contribution in [3.63, 3.8) is 0 Å². The molecule has 1 saturated heterocycles. The maximum Gasteiger partial charge on any atom is 0.303 e. The normalized spacial score (nSPS) is 14.8. The second-order valence-corrected chi connectivity index (χ2v) is 12.4. The number of rotatable bonds is 15. The molecule has 0 radical (unpaired) electrons. The summed E-state index contributed by atoms with van der Waals surface area (Å²) >= 11 is 12.4. The highest BCUT2D eigenvalue weighted by Gasteiger charge is 2.21. The Balaban J connectivity index is 1.24. The molecule has 3 aromatic rings. The maximum atomic E-state index is 12.8. The molecule has 0 aromatic heterocycles. The van der Waals surface area contributed by atoms with Crippen LogP contribution in [0.15, 0.2) is 66.7 Å². The standard InChI is InChI=1S/C36H43Cl2NO4/c1-3-4-5-6-7-11-35(43-26(2)40)30-10-8-9-28(22-30)24-39-20-18-27(19-21-39)25-42-32-16-17-33(34(38)23-32)36(41)29-12-14-31(37)15-13-29/h8-10,12-17,22-23,27,35H,3-7,11,18-21,24-25H2,1-2H3/t35-/m1/s1. The first-order valence-electron chi connectivity index (χ1n) is 15.5. The topological polar surface area (TPSA) is 55.8 Å². The number of hydrogen-bond donors (Lipinski definition) is 0. The van der Waals surface area contributed by atoms with Gasteiger partial charge in [-0.05, 0) is 98.3 Å². The lowest BCUT2D eigenvalue weighted by molar-refractivity contribution is -0.147. The van der Waals surface area contributed by atoms with Crippen LogP contribution in [0.2, 0.25) is 10.0 Å². The minimum Gasteiger partial charge on any atom is -0.493 e. The first-order valence-corrected chi connectivity index (χ1v) is 16.3. The van der Waals surface area contributed by atoms with Crippen molar-refractivity contribution in [2.75, 3.05) is 19.7 Å². The van der Waals surface area contributed by atoms with Crippen molar-refractivity contribution in [3.05, 3.63) is 99.0 Å². The third kappa shape index (κ3) is 10.4. The predicted molar refractivity (Wildman–Crippen MR) is 174 cm³/mol. The van der Waals surface area contributed by atoms with Crippen molar-refractivity contribution >= 4 is 35.0 Å². The monoisotopic (exact) mass is 623 g/mol. The van der Waals surface area contributed by atoms with Crippen molar-refractivity contribution in [2.24, 2.45) is 5.92 Å². The van der Waals surface area contributed by atoms with Gasteiger partial charge in [-0.15, -0.1) is 0 Å². The Kier molecular flexibility index (Phi) is 12.9. The Morgan fingerprint density at radius 2 is 1.67 bits per heavy atom. The fourth-order valence-electron chi connectivity index (χ4n) is 5.63. The number of ketones is 1. The van der Waals surface area contributed by atoms with Crippen LogP contribution >= 0.6 is 23.2 Å². The van der Waals surface area contributed by atoms with Crippen molar-refractivity contribution in [3.8, 4) is 5.75 Å². The van der Waals surface area contributed by atoms with Crippen LogP contribution < -0.4 is 4.74 Å². The maximum absolute atomic E-state index is 12.8. The molecule has 230 valence electrons. The quantitative estimate of drug-likeness (QED) is 0.0958. The summed E-state index contributed by atoms with van der Waals surface area (Å²) in [5.41, 5.74) is 3.32. The van der Waals surface area contributed by atoms with Gasteiger partial charge in [-0.3, -0.25) is 14.5 Å². The van der Waals surface area contributed by atoms with Gasteiger partial charge in [0.15, 0.2) is 5.78 Å². The molecule has 0 bridgehead atoms. The van der Waals surface area contributed by atoms with E-state index in [4.69, 9.17) is 32.7 Å². The Hall–Kier alpha value is -2.86. The number of likely N-dealkylation sites (tertiary alicyclic amines) is 1. The zero-order chi connectivity index (χ0) is 30.6. The van der Waals surface area contributed by atoms with Gasteiger partial charge in [-0.2, -0.15) is 0 Å². The largest absolute Gasteiger partial charge is 0.493 e. The number of piperidine rings is 1. The molecule has 1 heterocycles. The number of ether oxygens (including phenoxy) is 2. The van der Waals surface area contributed by atoms with Gasteiger partial charge in [0.2, 0.25) is 0 Å². The Bertz CT molecular complexity index is 1340. The zero-order valence-electron chi connectivity index (χ0n) is 25.3. The molecule has 7 heteroatoms. The van der Waals surface area contributed by atoms with E-state index < -0.39 is 0 Å². The molecule has 0 saturated carbocycles. The van der Waals surface area contributed by atoms with E-state index in [1.807, 2.05) is 6.07 Å². The Morgan fingerprint density at radius 1 is 0.930 bits per heavy atom. The van der Waals surface area contributed by atoms with E-state index in [2.05, 4.69) is 36.1 Å². The Labute approximate surface area is 266 Å². The SMILES string of the molecule is CCCCCCC[C@@H](OC(C)=O)c1cccc(CN2CCC(COc3ccc(C(=O)c4ccc(Cl)cc4)c(Cl)c3)CC2)c1. The van der Waals surface area contributed by atoms with Crippen molar-refractivity contribution in [1.29, 1.82) is 0 Å². The summed E-state index contributed by atoms with van der Waals surface area (Å²) in [7, 11) is 0. The van der Waals surface area contributed by atoms with Gasteiger partial charge in [-0.25, -0.2) is 0 Å². The molecule has 0 amide bonds. The van der Waals surface area contributed by atoms with Gasteiger partial charge in [0, 0.05) is 29.6 Å². The highest BCUT2D eigenvalue weighted by Crippen LogP contribution is 2.29. The van der Waals surface area contributed by atoms with Crippen LogP contribution in [0.1, 0.15) is 98.4 Å². The van der Waals surface area contributed by atoms with Crippen LogP contribution in [-0.4, -0.2) is 36.3 Å². The molecule has 1 aliphatic rings. The van der Waals surface area contributed by atoms with Gasteiger partial charge in [0.1, 0.15) is 11.9 Å². The fraction of sp³-hybridized carbons (Fsp3) is 0.444. The Morgan fingerprint density at radius 3 is 2.37 bits per heavy atom. The molecular formula is C36H43Cl2NO4. The van der Waals surface area contributed by atoms with Crippen LogP contribution in [0.25, 0.3) is 0 Å². The average Bonchev–Trinajstić information content (AvgIpc) is 3.00. The highest BCUT2D eigenvalue weighted by molar-refractivity contribution is 6.35. The average molecular weight is 625 g/mol. The number of nitrogens with zero attached hydrogens (tertiary/aromatic N) is 1. The summed E-state index contributed by atoms with van der Waals surface area (Å²) in [6, 6.07) is 20.6. The van der Waals surface area contributed by atoms with E-state index in [9.17, 15) is 9.59 Å².